The summed E-state index contributed by atoms with van der Waals surface area (Å²) in [5.74, 6) is -0.305. The number of carbonyl (C=O) groups excluding carboxylic acids is 3. The van der Waals surface area contributed by atoms with E-state index in [0.29, 0.717) is 11.4 Å². The number of rotatable bonds is 9. The van der Waals surface area contributed by atoms with Crippen LogP contribution in [0.15, 0.2) is 67.0 Å². The second-order valence-corrected chi connectivity index (χ2v) is 8.18. The SMILES string of the molecule is Cc1cccc(NC(=O)CSCC(=O)Nc2cccc(NC(=O)C(C)n3cccn3)c2)c1. The van der Waals surface area contributed by atoms with Crippen molar-refractivity contribution < 1.29 is 14.4 Å². The van der Waals surface area contributed by atoms with Gasteiger partial charge in [0.1, 0.15) is 6.04 Å². The summed E-state index contributed by atoms with van der Waals surface area (Å²) in [4.78, 5) is 36.7. The molecule has 8 nitrogen and oxygen atoms in total. The van der Waals surface area contributed by atoms with E-state index in [-0.39, 0.29) is 29.2 Å². The molecular formula is C23H25N5O3S. The van der Waals surface area contributed by atoms with Crippen LogP contribution in [-0.4, -0.2) is 39.0 Å². The van der Waals surface area contributed by atoms with E-state index in [1.165, 1.54) is 11.8 Å². The van der Waals surface area contributed by atoms with E-state index in [1.54, 1.807) is 54.3 Å². The number of carbonyl (C=O) groups is 3. The summed E-state index contributed by atoms with van der Waals surface area (Å²) in [6, 6.07) is 15.7. The minimum Gasteiger partial charge on any atom is -0.325 e. The molecule has 1 unspecified atom stereocenters. The Kier molecular flexibility index (Phi) is 8.04. The Morgan fingerprint density at radius 1 is 0.906 bits per heavy atom. The monoisotopic (exact) mass is 451 g/mol. The molecular weight excluding hydrogens is 426 g/mol. The van der Waals surface area contributed by atoms with Crippen molar-refractivity contribution in [2.75, 3.05) is 27.5 Å². The van der Waals surface area contributed by atoms with Crippen molar-refractivity contribution in [3.05, 3.63) is 72.6 Å². The third-order valence-corrected chi connectivity index (χ3v) is 5.42. The van der Waals surface area contributed by atoms with Gasteiger partial charge in [-0.2, -0.15) is 5.10 Å². The van der Waals surface area contributed by atoms with Crippen LogP contribution in [0.3, 0.4) is 0 Å². The summed E-state index contributed by atoms with van der Waals surface area (Å²) in [6.07, 6.45) is 3.34. The summed E-state index contributed by atoms with van der Waals surface area (Å²) in [5, 5.41) is 12.5. The molecule has 1 atom stereocenters. The molecule has 0 saturated heterocycles. The van der Waals surface area contributed by atoms with Crippen LogP contribution < -0.4 is 16.0 Å². The summed E-state index contributed by atoms with van der Waals surface area (Å²) in [7, 11) is 0. The van der Waals surface area contributed by atoms with Gasteiger partial charge in [0.15, 0.2) is 0 Å². The molecule has 3 rings (SSSR count). The van der Waals surface area contributed by atoms with Gasteiger partial charge in [-0.05, 0) is 55.8 Å². The Morgan fingerprint density at radius 3 is 2.09 bits per heavy atom. The lowest BCUT2D eigenvalue weighted by Gasteiger charge is -2.13. The van der Waals surface area contributed by atoms with Crippen molar-refractivity contribution in [2.45, 2.75) is 19.9 Å². The Hall–Kier alpha value is -3.59. The summed E-state index contributed by atoms with van der Waals surface area (Å²) < 4.78 is 1.56. The molecule has 1 heterocycles. The minimum atomic E-state index is -0.467. The molecule has 0 radical (unpaired) electrons. The quantitative estimate of drug-likeness (QED) is 0.460. The van der Waals surface area contributed by atoms with Gasteiger partial charge in [0, 0.05) is 29.5 Å². The number of thioether (sulfide) groups is 1. The van der Waals surface area contributed by atoms with Crippen LogP contribution in [0.2, 0.25) is 0 Å². The van der Waals surface area contributed by atoms with E-state index < -0.39 is 6.04 Å². The smallest absolute Gasteiger partial charge is 0.248 e. The lowest BCUT2D eigenvalue weighted by atomic mass is 10.2. The summed E-state index contributed by atoms with van der Waals surface area (Å²) in [5.41, 5.74) is 2.92. The number of amides is 3. The van der Waals surface area contributed by atoms with Gasteiger partial charge in [0.25, 0.3) is 0 Å². The zero-order valence-corrected chi connectivity index (χ0v) is 18.7. The number of benzene rings is 2. The molecule has 166 valence electrons. The van der Waals surface area contributed by atoms with Crippen molar-refractivity contribution in [3.63, 3.8) is 0 Å². The third-order valence-electron chi connectivity index (χ3n) is 4.48. The molecule has 1 aromatic heterocycles. The Bertz CT molecular complexity index is 1080. The van der Waals surface area contributed by atoms with E-state index in [2.05, 4.69) is 21.0 Å². The van der Waals surface area contributed by atoms with Crippen LogP contribution in [0.25, 0.3) is 0 Å². The Labute approximate surface area is 190 Å². The average Bonchev–Trinajstić information content (AvgIpc) is 3.28. The molecule has 0 saturated carbocycles. The molecule has 2 aromatic carbocycles. The van der Waals surface area contributed by atoms with E-state index in [9.17, 15) is 14.4 Å². The van der Waals surface area contributed by atoms with Crippen molar-refractivity contribution in [2.24, 2.45) is 0 Å². The fourth-order valence-corrected chi connectivity index (χ4v) is 3.52. The number of aromatic nitrogens is 2. The first kappa shape index (κ1) is 23.1. The van der Waals surface area contributed by atoms with E-state index >= 15 is 0 Å². The Balaban J connectivity index is 1.44. The molecule has 0 spiro atoms. The first-order chi connectivity index (χ1) is 15.4. The van der Waals surface area contributed by atoms with Crippen LogP contribution in [0, 0.1) is 6.92 Å². The predicted molar refractivity (Wildman–Crippen MR) is 128 cm³/mol. The van der Waals surface area contributed by atoms with Crippen LogP contribution >= 0.6 is 11.8 Å². The Morgan fingerprint density at radius 2 is 1.50 bits per heavy atom. The first-order valence-electron chi connectivity index (χ1n) is 10.0. The minimum absolute atomic E-state index is 0.133. The van der Waals surface area contributed by atoms with Crippen LogP contribution in [0.4, 0.5) is 17.1 Å². The highest BCUT2D eigenvalue weighted by Gasteiger charge is 2.15. The molecule has 0 aliphatic rings. The zero-order chi connectivity index (χ0) is 22.9. The van der Waals surface area contributed by atoms with E-state index in [0.717, 1.165) is 11.3 Å². The fraction of sp³-hybridized carbons (Fsp3) is 0.217. The predicted octanol–water partition coefficient (Wildman–Crippen LogP) is 3.70. The number of nitrogens with one attached hydrogen (secondary N) is 3. The molecule has 0 fully saturated rings. The van der Waals surface area contributed by atoms with Gasteiger partial charge < -0.3 is 16.0 Å². The maximum absolute atomic E-state index is 12.4. The number of anilines is 3. The third kappa shape index (κ3) is 6.98. The lowest BCUT2D eigenvalue weighted by molar-refractivity contribution is -0.119. The molecule has 3 aromatic rings. The van der Waals surface area contributed by atoms with Gasteiger partial charge in [0.2, 0.25) is 17.7 Å². The number of nitrogens with zero attached hydrogens (tertiary/aromatic N) is 2. The van der Waals surface area contributed by atoms with Gasteiger partial charge in [0.05, 0.1) is 11.5 Å². The summed E-state index contributed by atoms with van der Waals surface area (Å²) >= 11 is 1.23. The van der Waals surface area contributed by atoms with Crippen molar-refractivity contribution in [1.29, 1.82) is 0 Å². The maximum Gasteiger partial charge on any atom is 0.248 e. The molecule has 9 heteroatoms. The molecule has 3 amide bonds. The van der Waals surface area contributed by atoms with Gasteiger partial charge in [-0.25, -0.2) is 0 Å². The number of hydrogen-bond donors (Lipinski definition) is 3. The molecule has 0 aliphatic carbocycles. The topological polar surface area (TPSA) is 105 Å². The first-order valence-corrected chi connectivity index (χ1v) is 11.2. The lowest BCUT2D eigenvalue weighted by Crippen LogP contribution is -2.24. The van der Waals surface area contributed by atoms with Crippen molar-refractivity contribution in [1.82, 2.24) is 9.78 Å². The second-order valence-electron chi connectivity index (χ2n) is 7.19. The van der Waals surface area contributed by atoms with Gasteiger partial charge in [-0.3, -0.25) is 19.1 Å². The van der Waals surface area contributed by atoms with Crippen LogP contribution in [-0.2, 0) is 14.4 Å². The number of hydrogen-bond acceptors (Lipinski definition) is 5. The summed E-state index contributed by atoms with van der Waals surface area (Å²) in [6.45, 7) is 3.70. The standard InChI is InChI=1S/C23H25N5O3S/c1-16-6-3-7-18(12-16)25-21(29)14-32-15-22(30)26-19-8-4-9-20(13-19)27-23(31)17(2)28-11-5-10-24-28/h3-13,17H,14-15H2,1-2H3,(H,25,29)(H,26,30)(H,27,31). The highest BCUT2D eigenvalue weighted by molar-refractivity contribution is 8.00. The number of aryl methyl sites for hydroxylation is 1. The normalized spacial score (nSPS) is 11.4. The maximum atomic E-state index is 12.4. The zero-order valence-electron chi connectivity index (χ0n) is 17.9. The van der Waals surface area contributed by atoms with Gasteiger partial charge >= 0.3 is 0 Å². The van der Waals surface area contributed by atoms with E-state index in [1.807, 2.05) is 31.2 Å². The second kappa shape index (κ2) is 11.1. The van der Waals surface area contributed by atoms with Gasteiger partial charge in [-0.1, -0.05) is 18.2 Å². The van der Waals surface area contributed by atoms with Crippen LogP contribution in [0.5, 0.6) is 0 Å². The molecule has 3 N–H and O–H groups in total. The molecule has 0 bridgehead atoms. The van der Waals surface area contributed by atoms with Crippen molar-refractivity contribution in [3.8, 4) is 0 Å². The van der Waals surface area contributed by atoms with Crippen molar-refractivity contribution >= 4 is 46.5 Å². The van der Waals surface area contributed by atoms with Gasteiger partial charge in [-0.15, -0.1) is 11.8 Å². The fourth-order valence-electron chi connectivity index (χ4n) is 2.90. The molecule has 0 aliphatic heterocycles. The average molecular weight is 452 g/mol. The highest BCUT2D eigenvalue weighted by atomic mass is 32.2. The largest absolute Gasteiger partial charge is 0.325 e. The van der Waals surface area contributed by atoms with Crippen LogP contribution in [0.1, 0.15) is 18.5 Å². The van der Waals surface area contributed by atoms with E-state index in [4.69, 9.17) is 0 Å². The molecule has 32 heavy (non-hydrogen) atoms. The highest BCUT2D eigenvalue weighted by Crippen LogP contribution is 2.17.